The van der Waals surface area contributed by atoms with Crippen molar-refractivity contribution in [2.75, 3.05) is 11.1 Å². The van der Waals surface area contributed by atoms with Gasteiger partial charge in [0.2, 0.25) is 5.91 Å². The van der Waals surface area contributed by atoms with Crippen LogP contribution in [0.5, 0.6) is 0 Å². The zero-order chi connectivity index (χ0) is 22.1. The molecule has 1 aliphatic rings. The Morgan fingerprint density at radius 3 is 2.84 bits per heavy atom. The lowest BCUT2D eigenvalue weighted by Gasteiger charge is -2.17. The monoisotopic (exact) mass is 493 g/mol. The molecule has 162 valence electrons. The number of fused-ring (bicyclic) bond motifs is 3. The summed E-state index contributed by atoms with van der Waals surface area (Å²) in [4.78, 5) is 32.6. The molecule has 1 aromatic carbocycles. The summed E-state index contributed by atoms with van der Waals surface area (Å²) in [6, 6.07) is 4.86. The molecule has 3 aromatic rings. The SMILES string of the molecule is C=CCn1c(SCC(=O)Nc2cc(Cl)cc(Cl)c2)nc2sc3c(c2c1=O)CCC(C)C3. The topological polar surface area (TPSA) is 64.0 Å². The maximum atomic E-state index is 13.3. The number of halogens is 2. The largest absolute Gasteiger partial charge is 0.325 e. The highest BCUT2D eigenvalue weighted by Crippen LogP contribution is 2.36. The molecule has 0 fully saturated rings. The highest BCUT2D eigenvalue weighted by Gasteiger charge is 2.24. The fourth-order valence-corrected chi connectivity index (χ4v) is 6.52. The molecule has 1 aliphatic carbocycles. The van der Waals surface area contributed by atoms with E-state index in [1.165, 1.54) is 16.6 Å². The summed E-state index contributed by atoms with van der Waals surface area (Å²) < 4.78 is 1.61. The number of allylic oxidation sites excluding steroid dienone is 1. The second-order valence-corrected chi connectivity index (χ2v) is 10.5. The van der Waals surface area contributed by atoms with Crippen LogP contribution in [-0.4, -0.2) is 21.2 Å². The lowest BCUT2D eigenvalue weighted by Crippen LogP contribution is -2.24. The summed E-state index contributed by atoms with van der Waals surface area (Å²) in [5.74, 6) is 0.483. The van der Waals surface area contributed by atoms with E-state index in [4.69, 9.17) is 28.2 Å². The Bertz CT molecular complexity index is 1220. The summed E-state index contributed by atoms with van der Waals surface area (Å²) in [5.41, 5.74) is 1.62. The van der Waals surface area contributed by atoms with Crippen LogP contribution in [0.2, 0.25) is 10.0 Å². The van der Waals surface area contributed by atoms with E-state index in [-0.39, 0.29) is 17.2 Å². The first-order valence-electron chi connectivity index (χ1n) is 9.90. The van der Waals surface area contributed by atoms with Crippen molar-refractivity contribution in [3.05, 3.63) is 61.7 Å². The number of carbonyl (C=O) groups excluding carboxylic acids is 1. The number of benzene rings is 1. The molecule has 2 aromatic heterocycles. The highest BCUT2D eigenvalue weighted by atomic mass is 35.5. The van der Waals surface area contributed by atoms with Crippen molar-refractivity contribution in [1.82, 2.24) is 9.55 Å². The molecular weight excluding hydrogens is 473 g/mol. The Kier molecular flexibility index (Phi) is 6.77. The van der Waals surface area contributed by atoms with E-state index in [9.17, 15) is 9.59 Å². The minimum absolute atomic E-state index is 0.0542. The van der Waals surface area contributed by atoms with Gasteiger partial charge in [-0.05, 0) is 48.9 Å². The molecule has 0 bridgehead atoms. The van der Waals surface area contributed by atoms with Gasteiger partial charge in [0.1, 0.15) is 4.83 Å². The summed E-state index contributed by atoms with van der Waals surface area (Å²) in [6.07, 6.45) is 4.67. The van der Waals surface area contributed by atoms with E-state index in [1.807, 2.05) is 0 Å². The standard InChI is InChI=1S/C22H21Cl2N3O2S2/c1-3-6-27-21(29)19-16-5-4-12(2)7-17(16)31-20(19)26-22(27)30-11-18(28)25-15-9-13(23)8-14(24)10-15/h3,8-10,12H,1,4-7,11H2,2H3,(H,25,28). The average molecular weight is 494 g/mol. The number of aryl methyl sites for hydroxylation is 1. The van der Waals surface area contributed by atoms with E-state index in [0.29, 0.717) is 33.4 Å². The number of hydrogen-bond donors (Lipinski definition) is 1. The van der Waals surface area contributed by atoms with Gasteiger partial charge in [0.05, 0.1) is 11.1 Å². The quantitative estimate of drug-likeness (QED) is 0.267. The first-order chi connectivity index (χ1) is 14.9. The highest BCUT2D eigenvalue weighted by molar-refractivity contribution is 7.99. The van der Waals surface area contributed by atoms with Gasteiger partial charge in [-0.2, -0.15) is 0 Å². The maximum absolute atomic E-state index is 13.3. The van der Waals surface area contributed by atoms with Gasteiger partial charge in [-0.15, -0.1) is 17.9 Å². The molecular formula is C22H21Cl2N3O2S2. The number of aromatic nitrogens is 2. The molecule has 0 spiro atoms. The third-order valence-corrected chi connectivity index (χ3v) is 7.73. The molecule has 1 amide bonds. The van der Waals surface area contributed by atoms with E-state index in [0.717, 1.165) is 35.0 Å². The van der Waals surface area contributed by atoms with Crippen LogP contribution in [-0.2, 0) is 24.2 Å². The Hall–Kier alpha value is -1.80. The molecule has 1 unspecified atom stereocenters. The molecule has 1 N–H and O–H groups in total. The number of hydrogen-bond acceptors (Lipinski definition) is 5. The fraction of sp³-hybridized carbons (Fsp3) is 0.318. The first-order valence-corrected chi connectivity index (χ1v) is 12.5. The lowest BCUT2D eigenvalue weighted by atomic mass is 9.89. The van der Waals surface area contributed by atoms with Crippen molar-refractivity contribution in [3.8, 4) is 0 Å². The smallest absolute Gasteiger partial charge is 0.263 e. The van der Waals surface area contributed by atoms with Crippen molar-refractivity contribution in [2.45, 2.75) is 37.9 Å². The number of carbonyl (C=O) groups is 1. The summed E-state index contributed by atoms with van der Waals surface area (Å²) in [6.45, 7) is 6.36. The summed E-state index contributed by atoms with van der Waals surface area (Å²) >= 11 is 14.8. The van der Waals surface area contributed by atoms with Gasteiger partial charge < -0.3 is 5.32 Å². The van der Waals surface area contributed by atoms with Crippen LogP contribution in [0.1, 0.15) is 23.8 Å². The predicted octanol–water partition coefficient (Wildman–Crippen LogP) is 5.81. The van der Waals surface area contributed by atoms with Crippen molar-refractivity contribution in [3.63, 3.8) is 0 Å². The number of rotatable bonds is 6. The lowest BCUT2D eigenvalue weighted by molar-refractivity contribution is -0.113. The number of thiophene rings is 1. The number of anilines is 1. The Morgan fingerprint density at radius 2 is 2.13 bits per heavy atom. The molecule has 31 heavy (non-hydrogen) atoms. The van der Waals surface area contributed by atoms with Crippen molar-refractivity contribution >= 4 is 68.1 Å². The Balaban J connectivity index is 1.60. The van der Waals surface area contributed by atoms with E-state index >= 15 is 0 Å². The second-order valence-electron chi connectivity index (χ2n) is 7.63. The molecule has 1 atom stereocenters. The van der Waals surface area contributed by atoms with Crippen LogP contribution >= 0.6 is 46.3 Å². The second kappa shape index (κ2) is 9.36. The minimum atomic E-state index is -0.234. The van der Waals surface area contributed by atoms with Gasteiger partial charge in [-0.25, -0.2) is 4.98 Å². The third kappa shape index (κ3) is 4.85. The minimum Gasteiger partial charge on any atom is -0.325 e. The third-order valence-electron chi connectivity index (χ3n) is 5.17. The Morgan fingerprint density at radius 1 is 1.39 bits per heavy atom. The molecule has 9 heteroatoms. The zero-order valence-corrected chi connectivity index (χ0v) is 20.1. The van der Waals surface area contributed by atoms with Gasteiger partial charge in [-0.3, -0.25) is 14.2 Å². The van der Waals surface area contributed by atoms with Crippen LogP contribution in [0.15, 0.2) is 40.8 Å². The van der Waals surface area contributed by atoms with E-state index < -0.39 is 0 Å². The van der Waals surface area contributed by atoms with Gasteiger partial charge in [0, 0.05) is 27.2 Å². The molecule has 0 radical (unpaired) electrons. The average Bonchev–Trinajstić information content (AvgIpc) is 3.05. The van der Waals surface area contributed by atoms with Gasteiger partial charge in [0.25, 0.3) is 5.56 Å². The number of thioether (sulfide) groups is 1. The first kappa shape index (κ1) is 22.4. The molecule has 0 aliphatic heterocycles. The van der Waals surface area contributed by atoms with Crippen molar-refractivity contribution in [2.24, 2.45) is 5.92 Å². The predicted molar refractivity (Wildman–Crippen MR) is 131 cm³/mol. The number of nitrogens with zero attached hydrogens (tertiary/aromatic N) is 2. The van der Waals surface area contributed by atoms with Gasteiger partial charge >= 0.3 is 0 Å². The number of nitrogens with one attached hydrogen (secondary N) is 1. The van der Waals surface area contributed by atoms with Crippen LogP contribution in [0.3, 0.4) is 0 Å². The zero-order valence-electron chi connectivity index (χ0n) is 16.9. The number of amides is 1. The van der Waals surface area contributed by atoms with Gasteiger partial charge in [0.15, 0.2) is 5.16 Å². The van der Waals surface area contributed by atoms with E-state index in [1.54, 1.807) is 40.2 Å². The van der Waals surface area contributed by atoms with E-state index in [2.05, 4.69) is 18.8 Å². The fourth-order valence-electron chi connectivity index (χ4n) is 3.76. The molecule has 2 heterocycles. The molecule has 4 rings (SSSR count). The van der Waals surface area contributed by atoms with Crippen molar-refractivity contribution in [1.29, 1.82) is 0 Å². The van der Waals surface area contributed by atoms with Crippen LogP contribution < -0.4 is 10.9 Å². The molecule has 0 saturated carbocycles. The Labute approximate surface area is 198 Å². The maximum Gasteiger partial charge on any atom is 0.263 e. The normalized spacial score (nSPS) is 15.6. The van der Waals surface area contributed by atoms with Crippen LogP contribution in [0, 0.1) is 5.92 Å². The van der Waals surface area contributed by atoms with Crippen molar-refractivity contribution < 1.29 is 4.79 Å². The van der Waals surface area contributed by atoms with Gasteiger partial charge in [-0.1, -0.05) is 48.0 Å². The van der Waals surface area contributed by atoms with Crippen LogP contribution in [0.25, 0.3) is 10.2 Å². The summed E-state index contributed by atoms with van der Waals surface area (Å²) in [7, 11) is 0. The van der Waals surface area contributed by atoms with Crippen LogP contribution in [0.4, 0.5) is 5.69 Å². The molecule has 5 nitrogen and oxygen atoms in total. The summed E-state index contributed by atoms with van der Waals surface area (Å²) in [5, 5.41) is 4.92. The molecule has 0 saturated heterocycles.